The highest BCUT2D eigenvalue weighted by Crippen LogP contribution is 2.36. The fourth-order valence-corrected chi connectivity index (χ4v) is 5.42. The summed E-state index contributed by atoms with van der Waals surface area (Å²) in [6, 6.07) is 8.87. The van der Waals surface area contributed by atoms with Gasteiger partial charge in [0.25, 0.3) is 5.56 Å². The van der Waals surface area contributed by atoms with Gasteiger partial charge in [-0.25, -0.2) is 9.79 Å². The van der Waals surface area contributed by atoms with Crippen LogP contribution in [0.3, 0.4) is 0 Å². The van der Waals surface area contributed by atoms with E-state index in [1.807, 2.05) is 0 Å². The molecule has 11 nitrogen and oxygen atoms in total. The first-order valence-electron chi connectivity index (χ1n) is 12.5. The SMILES string of the molecule is CCOC(=O)C1=C(C)N=c2sc(=Cc3ccc(OC(C)=O)c(OC(C)=O)c3)c(=O)n2C1c1ccc(OC)c(OC)c1. The smallest absolute Gasteiger partial charge is 0.338 e. The van der Waals surface area contributed by atoms with E-state index in [0.717, 1.165) is 11.3 Å². The molecule has 1 unspecified atom stereocenters. The van der Waals surface area contributed by atoms with Crippen molar-refractivity contribution >= 4 is 35.3 Å². The quantitative estimate of drug-likeness (QED) is 0.291. The molecule has 1 aliphatic heterocycles. The number of esters is 3. The van der Waals surface area contributed by atoms with Gasteiger partial charge in [0.2, 0.25) is 0 Å². The first-order valence-corrected chi connectivity index (χ1v) is 13.3. The molecule has 0 radical (unpaired) electrons. The Balaban J connectivity index is 1.92. The number of aromatic nitrogens is 1. The molecule has 214 valence electrons. The van der Waals surface area contributed by atoms with Gasteiger partial charge in [-0.2, -0.15) is 0 Å². The van der Waals surface area contributed by atoms with Crippen molar-refractivity contribution in [1.82, 2.24) is 4.57 Å². The van der Waals surface area contributed by atoms with Gasteiger partial charge < -0.3 is 23.7 Å². The molecule has 1 atom stereocenters. The van der Waals surface area contributed by atoms with Crippen LogP contribution < -0.4 is 33.8 Å². The third-order valence-corrected chi connectivity index (χ3v) is 7.00. The Hall–Kier alpha value is -4.71. The Labute approximate surface area is 238 Å². The Morgan fingerprint density at radius 2 is 1.61 bits per heavy atom. The van der Waals surface area contributed by atoms with Gasteiger partial charge in [-0.15, -0.1) is 0 Å². The van der Waals surface area contributed by atoms with Crippen LogP contribution in [-0.4, -0.2) is 43.3 Å². The van der Waals surface area contributed by atoms with E-state index >= 15 is 0 Å². The molecule has 0 saturated heterocycles. The summed E-state index contributed by atoms with van der Waals surface area (Å²) in [6.07, 6.45) is 1.60. The van der Waals surface area contributed by atoms with Crippen LogP contribution in [0.1, 0.15) is 44.9 Å². The van der Waals surface area contributed by atoms with Crippen LogP contribution in [0, 0.1) is 0 Å². The van der Waals surface area contributed by atoms with Crippen LogP contribution in [0.25, 0.3) is 6.08 Å². The number of thiazole rings is 1. The summed E-state index contributed by atoms with van der Waals surface area (Å²) >= 11 is 1.13. The standard InChI is InChI=1S/C29H28N2O9S/c1-7-38-28(35)25-15(2)30-29-31(26(25)19-9-11-20(36-5)22(14-19)37-6)27(34)24(41-29)13-18-8-10-21(39-16(3)32)23(12-18)40-17(4)33/h8-14,26H,7H2,1-6H3. The first-order chi connectivity index (χ1) is 19.6. The molecular weight excluding hydrogens is 552 g/mol. The molecule has 2 aromatic carbocycles. The van der Waals surface area contributed by atoms with Gasteiger partial charge in [0, 0.05) is 13.8 Å². The van der Waals surface area contributed by atoms with Crippen LogP contribution in [0.15, 0.2) is 57.5 Å². The van der Waals surface area contributed by atoms with Crippen LogP contribution in [0.5, 0.6) is 23.0 Å². The predicted octanol–water partition coefficient (Wildman–Crippen LogP) is 2.67. The number of rotatable bonds is 8. The summed E-state index contributed by atoms with van der Waals surface area (Å²) in [5, 5.41) is 0. The maximum Gasteiger partial charge on any atom is 0.338 e. The number of nitrogens with zero attached hydrogens (tertiary/aromatic N) is 2. The summed E-state index contributed by atoms with van der Waals surface area (Å²) in [5.41, 5.74) is 1.34. The number of hydrogen-bond donors (Lipinski definition) is 0. The molecule has 4 rings (SSSR count). The highest BCUT2D eigenvalue weighted by atomic mass is 32.1. The maximum absolute atomic E-state index is 13.9. The van der Waals surface area contributed by atoms with Crippen LogP contribution in [0.4, 0.5) is 0 Å². The van der Waals surface area contributed by atoms with E-state index < -0.39 is 29.5 Å². The average molecular weight is 581 g/mol. The van der Waals surface area contributed by atoms with E-state index in [1.165, 1.54) is 44.8 Å². The van der Waals surface area contributed by atoms with Crippen molar-refractivity contribution in [3.63, 3.8) is 0 Å². The minimum atomic E-state index is -0.852. The van der Waals surface area contributed by atoms with Crippen LogP contribution >= 0.6 is 11.3 Å². The molecule has 0 bridgehead atoms. The van der Waals surface area contributed by atoms with Crippen LogP contribution in [0.2, 0.25) is 0 Å². The lowest BCUT2D eigenvalue weighted by Crippen LogP contribution is -2.40. The van der Waals surface area contributed by atoms with Gasteiger partial charge in [-0.1, -0.05) is 23.5 Å². The fraction of sp³-hybridized carbons (Fsp3) is 0.276. The molecule has 3 aromatic rings. The summed E-state index contributed by atoms with van der Waals surface area (Å²) in [7, 11) is 3.01. The van der Waals surface area contributed by atoms with Crippen molar-refractivity contribution in [1.29, 1.82) is 0 Å². The molecule has 2 heterocycles. The van der Waals surface area contributed by atoms with Crippen molar-refractivity contribution in [3.05, 3.63) is 78.5 Å². The number of benzene rings is 2. The molecule has 0 spiro atoms. The number of carbonyl (C=O) groups is 3. The Morgan fingerprint density at radius 3 is 2.24 bits per heavy atom. The van der Waals surface area contributed by atoms with Crippen molar-refractivity contribution in [2.75, 3.05) is 20.8 Å². The van der Waals surface area contributed by atoms with Crippen molar-refractivity contribution < 1.29 is 38.1 Å². The van der Waals surface area contributed by atoms with Gasteiger partial charge in [-0.05, 0) is 55.3 Å². The zero-order valence-electron chi connectivity index (χ0n) is 23.3. The van der Waals surface area contributed by atoms with E-state index in [9.17, 15) is 19.2 Å². The first kappa shape index (κ1) is 29.3. The zero-order valence-corrected chi connectivity index (χ0v) is 24.1. The number of carbonyl (C=O) groups excluding carboxylic acids is 3. The molecule has 41 heavy (non-hydrogen) atoms. The largest absolute Gasteiger partial charge is 0.493 e. The van der Waals surface area contributed by atoms with Crippen molar-refractivity contribution in [2.45, 2.75) is 33.7 Å². The highest BCUT2D eigenvalue weighted by Gasteiger charge is 2.34. The van der Waals surface area contributed by atoms with Gasteiger partial charge in [0.1, 0.15) is 0 Å². The van der Waals surface area contributed by atoms with Gasteiger partial charge >= 0.3 is 17.9 Å². The molecule has 0 aliphatic carbocycles. The molecule has 0 fully saturated rings. The molecule has 1 aromatic heterocycles. The Morgan fingerprint density at radius 1 is 0.951 bits per heavy atom. The predicted molar refractivity (Wildman–Crippen MR) is 149 cm³/mol. The second-order valence-electron chi connectivity index (χ2n) is 8.81. The molecule has 0 saturated carbocycles. The van der Waals surface area contributed by atoms with Crippen molar-refractivity contribution in [2.24, 2.45) is 4.99 Å². The Kier molecular flexibility index (Phi) is 8.72. The van der Waals surface area contributed by atoms with E-state index in [0.29, 0.717) is 37.7 Å². The monoisotopic (exact) mass is 580 g/mol. The second-order valence-corrected chi connectivity index (χ2v) is 9.82. The number of hydrogen-bond acceptors (Lipinski definition) is 11. The molecule has 0 amide bonds. The lowest BCUT2D eigenvalue weighted by Gasteiger charge is -2.25. The lowest BCUT2D eigenvalue weighted by atomic mass is 9.95. The van der Waals surface area contributed by atoms with Gasteiger partial charge in [0.05, 0.1) is 42.7 Å². The van der Waals surface area contributed by atoms with Crippen molar-refractivity contribution in [3.8, 4) is 23.0 Å². The van der Waals surface area contributed by atoms with E-state index in [1.54, 1.807) is 44.2 Å². The Bertz CT molecular complexity index is 1750. The summed E-state index contributed by atoms with van der Waals surface area (Å²) in [5.74, 6) is -0.768. The topological polar surface area (TPSA) is 132 Å². The number of fused-ring (bicyclic) bond motifs is 1. The van der Waals surface area contributed by atoms with E-state index in [4.69, 9.17) is 23.7 Å². The average Bonchev–Trinajstić information content (AvgIpc) is 3.22. The van der Waals surface area contributed by atoms with E-state index in [-0.39, 0.29) is 23.7 Å². The summed E-state index contributed by atoms with van der Waals surface area (Å²) in [4.78, 5) is 55.1. The highest BCUT2D eigenvalue weighted by molar-refractivity contribution is 7.07. The fourth-order valence-electron chi connectivity index (χ4n) is 4.37. The van der Waals surface area contributed by atoms with Crippen LogP contribution in [-0.2, 0) is 19.1 Å². The normalized spacial score (nSPS) is 14.6. The summed E-state index contributed by atoms with van der Waals surface area (Å²) < 4.78 is 28.3. The molecule has 1 aliphatic rings. The lowest BCUT2D eigenvalue weighted by molar-refractivity contribution is -0.139. The number of allylic oxidation sites excluding steroid dienone is 1. The van der Waals surface area contributed by atoms with E-state index in [2.05, 4.69) is 4.99 Å². The third kappa shape index (κ3) is 6.07. The number of ether oxygens (including phenoxy) is 5. The second kappa shape index (κ2) is 12.2. The van der Waals surface area contributed by atoms with Gasteiger partial charge in [0.15, 0.2) is 27.8 Å². The zero-order chi connectivity index (χ0) is 29.8. The molecule has 0 N–H and O–H groups in total. The maximum atomic E-state index is 13.9. The minimum Gasteiger partial charge on any atom is -0.493 e. The number of methoxy groups -OCH3 is 2. The summed E-state index contributed by atoms with van der Waals surface area (Å²) in [6.45, 7) is 5.99. The third-order valence-electron chi connectivity index (χ3n) is 6.01. The molecular formula is C29H28N2O9S. The van der Waals surface area contributed by atoms with Gasteiger partial charge in [-0.3, -0.25) is 19.0 Å². The minimum absolute atomic E-state index is 0.0258. The molecule has 12 heteroatoms.